The molecule has 18 heavy (non-hydrogen) atoms. The van der Waals surface area contributed by atoms with E-state index in [0.29, 0.717) is 6.04 Å². The first-order chi connectivity index (χ1) is 8.74. The summed E-state index contributed by atoms with van der Waals surface area (Å²) in [6, 6.07) is 6.42. The maximum atomic E-state index is 5.96. The first-order valence-electron chi connectivity index (χ1n) is 5.68. The van der Waals surface area contributed by atoms with Crippen LogP contribution in [-0.4, -0.2) is 20.2 Å². The van der Waals surface area contributed by atoms with Crippen LogP contribution in [0.25, 0.3) is 0 Å². The molecule has 3 rings (SSSR count). The molecule has 0 radical (unpaired) electrons. The van der Waals surface area contributed by atoms with Crippen LogP contribution in [0.15, 0.2) is 27.6 Å². The summed E-state index contributed by atoms with van der Waals surface area (Å²) in [4.78, 5) is 1.06. The summed E-state index contributed by atoms with van der Waals surface area (Å²) >= 11 is 5.06. The summed E-state index contributed by atoms with van der Waals surface area (Å²) in [7, 11) is 0. The number of hydrogen-bond donors (Lipinski definition) is 1. The fourth-order valence-corrected chi connectivity index (χ4v) is 2.95. The second kappa shape index (κ2) is 4.89. The zero-order valence-corrected chi connectivity index (χ0v) is 12.0. The smallest absolute Gasteiger partial charge is 0.161 e. The van der Waals surface area contributed by atoms with Crippen molar-refractivity contribution in [3.63, 3.8) is 0 Å². The zero-order chi connectivity index (χ0) is 12.5. The first-order valence-corrected chi connectivity index (χ1v) is 7.46. The molecule has 1 heterocycles. The Hall–Kier alpha value is -1.08. The van der Waals surface area contributed by atoms with Crippen molar-refractivity contribution in [3.05, 3.63) is 28.5 Å². The zero-order valence-electron chi connectivity index (χ0n) is 9.58. The molecule has 1 aromatic carbocycles. The molecule has 1 aliphatic carbocycles. The van der Waals surface area contributed by atoms with E-state index in [0.717, 1.165) is 26.6 Å². The molecule has 2 N–H and O–H groups in total. The third kappa shape index (κ3) is 2.51. The summed E-state index contributed by atoms with van der Waals surface area (Å²) in [5.74, 6) is 1.67. The Balaban J connectivity index is 1.71. The monoisotopic (exact) mass is 325 g/mol. The molecule has 0 spiro atoms. The van der Waals surface area contributed by atoms with Crippen LogP contribution in [0, 0.1) is 0 Å². The summed E-state index contributed by atoms with van der Waals surface area (Å²) in [6.45, 7) is 0. The second-order valence-corrected chi connectivity index (χ2v) is 6.17. The van der Waals surface area contributed by atoms with Gasteiger partial charge in [-0.1, -0.05) is 15.9 Å². The highest BCUT2D eigenvalue weighted by Crippen LogP contribution is 2.36. The molecule has 0 atom stereocenters. The number of nitrogens with zero attached hydrogens (tertiary/aromatic N) is 4. The largest absolute Gasteiger partial charge is 0.398 e. The Kier molecular flexibility index (Phi) is 3.25. The van der Waals surface area contributed by atoms with Gasteiger partial charge in [-0.05, 0) is 41.5 Å². The van der Waals surface area contributed by atoms with Gasteiger partial charge in [-0.3, -0.25) is 0 Å². The molecule has 2 aromatic rings. The van der Waals surface area contributed by atoms with E-state index in [1.807, 2.05) is 22.9 Å². The van der Waals surface area contributed by atoms with Gasteiger partial charge >= 0.3 is 0 Å². The lowest BCUT2D eigenvalue weighted by Gasteiger charge is -2.06. The van der Waals surface area contributed by atoms with E-state index in [1.54, 1.807) is 11.8 Å². The van der Waals surface area contributed by atoms with Crippen molar-refractivity contribution in [2.45, 2.75) is 29.5 Å². The number of thioether (sulfide) groups is 1. The number of nitrogens with two attached hydrogens (primary N) is 1. The summed E-state index contributed by atoms with van der Waals surface area (Å²) < 4.78 is 2.93. The molecule has 0 aliphatic heterocycles. The quantitative estimate of drug-likeness (QED) is 0.691. The van der Waals surface area contributed by atoms with Crippen molar-refractivity contribution in [3.8, 4) is 0 Å². The number of benzene rings is 1. The molecule has 1 saturated carbocycles. The normalized spacial score (nSPS) is 14.9. The van der Waals surface area contributed by atoms with Gasteiger partial charge in [-0.25, -0.2) is 4.68 Å². The molecule has 0 saturated heterocycles. The van der Waals surface area contributed by atoms with Crippen molar-refractivity contribution in [2.24, 2.45) is 0 Å². The minimum absolute atomic E-state index is 0.512. The molecule has 5 nitrogen and oxygen atoms in total. The van der Waals surface area contributed by atoms with Crippen LogP contribution in [0.5, 0.6) is 0 Å². The number of anilines is 1. The molecule has 1 aromatic heterocycles. The van der Waals surface area contributed by atoms with Crippen LogP contribution in [0.1, 0.15) is 24.7 Å². The molecular weight excluding hydrogens is 314 g/mol. The highest BCUT2D eigenvalue weighted by atomic mass is 79.9. The minimum atomic E-state index is 0.512. The fraction of sp³-hybridized carbons (Fsp3) is 0.364. The number of tetrazole rings is 1. The molecule has 0 unspecified atom stereocenters. The van der Waals surface area contributed by atoms with Gasteiger partial charge in [-0.2, -0.15) is 0 Å². The van der Waals surface area contributed by atoms with Crippen LogP contribution >= 0.6 is 27.7 Å². The number of hydrogen-bond acceptors (Lipinski definition) is 5. The second-order valence-electron chi connectivity index (χ2n) is 4.24. The molecular formula is C11H12BrN5S. The Labute approximate surface area is 117 Å². The van der Waals surface area contributed by atoms with Crippen molar-refractivity contribution in [1.82, 2.24) is 20.2 Å². The van der Waals surface area contributed by atoms with Gasteiger partial charge in [0.05, 0.1) is 11.8 Å². The van der Waals surface area contributed by atoms with Gasteiger partial charge in [0.2, 0.25) is 0 Å². The predicted octanol–water partition coefficient (Wildman–Crippen LogP) is 2.65. The van der Waals surface area contributed by atoms with E-state index in [2.05, 4.69) is 31.5 Å². The van der Waals surface area contributed by atoms with E-state index in [9.17, 15) is 0 Å². The Morgan fingerprint density at radius 3 is 3.00 bits per heavy atom. The van der Waals surface area contributed by atoms with Gasteiger partial charge < -0.3 is 5.73 Å². The lowest BCUT2D eigenvalue weighted by atomic mass is 10.3. The number of rotatable bonds is 4. The first kappa shape index (κ1) is 12.0. The van der Waals surface area contributed by atoms with Crippen LogP contribution < -0.4 is 5.73 Å². The molecule has 1 aliphatic rings. The van der Waals surface area contributed by atoms with Crippen LogP contribution in [0.3, 0.4) is 0 Å². The standard InChI is InChI=1S/C11H12BrN5S/c12-7-1-4-10(9(13)5-7)18-6-11-14-15-16-17(11)8-2-3-8/h1,4-5,8H,2-3,6,13H2. The molecule has 94 valence electrons. The van der Waals surface area contributed by atoms with Gasteiger partial charge in [0.15, 0.2) is 5.82 Å². The average Bonchev–Trinajstić information content (AvgIpc) is 3.08. The van der Waals surface area contributed by atoms with Crippen molar-refractivity contribution in [1.29, 1.82) is 0 Å². The highest BCUT2D eigenvalue weighted by molar-refractivity contribution is 9.10. The van der Waals surface area contributed by atoms with Crippen LogP contribution in [0.2, 0.25) is 0 Å². The highest BCUT2D eigenvalue weighted by Gasteiger charge is 2.27. The number of halogens is 1. The summed E-state index contributed by atoms with van der Waals surface area (Å²) in [6.07, 6.45) is 2.37. The SMILES string of the molecule is Nc1cc(Br)ccc1SCc1nnnn1C1CC1. The molecule has 7 heteroatoms. The van der Waals surface area contributed by atoms with E-state index in [4.69, 9.17) is 5.73 Å². The minimum Gasteiger partial charge on any atom is -0.398 e. The van der Waals surface area contributed by atoms with Gasteiger partial charge in [0.25, 0.3) is 0 Å². The molecule has 1 fully saturated rings. The number of aromatic nitrogens is 4. The van der Waals surface area contributed by atoms with Crippen molar-refractivity contribution in [2.75, 3.05) is 5.73 Å². The van der Waals surface area contributed by atoms with E-state index >= 15 is 0 Å². The van der Waals surface area contributed by atoms with Gasteiger partial charge in [0.1, 0.15) is 0 Å². The molecule has 0 amide bonds. The summed E-state index contributed by atoms with van der Waals surface area (Å²) in [5.41, 5.74) is 6.74. The average molecular weight is 326 g/mol. The summed E-state index contributed by atoms with van der Waals surface area (Å²) in [5, 5.41) is 11.8. The maximum absolute atomic E-state index is 5.96. The van der Waals surface area contributed by atoms with Crippen LogP contribution in [0.4, 0.5) is 5.69 Å². The Morgan fingerprint density at radius 1 is 1.44 bits per heavy atom. The lowest BCUT2D eigenvalue weighted by Crippen LogP contribution is -2.02. The Bertz CT molecular complexity index is 566. The van der Waals surface area contributed by atoms with Crippen LogP contribution in [-0.2, 0) is 5.75 Å². The lowest BCUT2D eigenvalue weighted by molar-refractivity contribution is 0.593. The Morgan fingerprint density at radius 2 is 2.28 bits per heavy atom. The van der Waals surface area contributed by atoms with E-state index < -0.39 is 0 Å². The van der Waals surface area contributed by atoms with E-state index in [1.165, 1.54) is 12.8 Å². The molecule has 0 bridgehead atoms. The van der Waals surface area contributed by atoms with Gasteiger partial charge in [0, 0.05) is 15.1 Å². The predicted molar refractivity (Wildman–Crippen MR) is 74.2 cm³/mol. The topological polar surface area (TPSA) is 69.6 Å². The van der Waals surface area contributed by atoms with Crippen molar-refractivity contribution >= 4 is 33.4 Å². The third-order valence-electron chi connectivity index (χ3n) is 2.78. The third-order valence-corrected chi connectivity index (χ3v) is 4.36. The maximum Gasteiger partial charge on any atom is 0.161 e. The van der Waals surface area contributed by atoms with Gasteiger partial charge in [-0.15, -0.1) is 16.9 Å². The van der Waals surface area contributed by atoms with E-state index in [-0.39, 0.29) is 0 Å². The van der Waals surface area contributed by atoms with Crippen molar-refractivity contribution < 1.29 is 0 Å². The fourth-order valence-electron chi connectivity index (χ4n) is 1.70. The number of nitrogen functional groups attached to an aromatic ring is 1.